The second-order valence-corrected chi connectivity index (χ2v) is 8.68. The fourth-order valence-corrected chi connectivity index (χ4v) is 5.13. The Morgan fingerprint density at radius 2 is 1.93 bits per heavy atom. The van der Waals surface area contributed by atoms with Crippen molar-refractivity contribution in [3.05, 3.63) is 41.7 Å². The van der Waals surface area contributed by atoms with Gasteiger partial charge in [0.2, 0.25) is 11.8 Å². The van der Waals surface area contributed by atoms with Gasteiger partial charge in [-0.25, -0.2) is 0 Å². The molecule has 10 N–H and O–H groups in total. The van der Waals surface area contributed by atoms with Crippen LogP contribution in [0.5, 0.6) is 0 Å². The van der Waals surface area contributed by atoms with Crippen molar-refractivity contribution in [2.75, 3.05) is 0 Å². The quantitative estimate of drug-likeness (QED) is 0.449. The summed E-state index contributed by atoms with van der Waals surface area (Å²) in [5.41, 5.74) is 6.74. The Kier molecular flexibility index (Phi) is 7.45. The number of tetrazole rings is 1. The fourth-order valence-electron chi connectivity index (χ4n) is 3.50. The van der Waals surface area contributed by atoms with E-state index < -0.39 is 12.1 Å². The molecule has 0 spiro atoms. The third kappa shape index (κ3) is 3.95. The Morgan fingerprint density at radius 3 is 2.52 bits per heavy atom. The zero-order valence-corrected chi connectivity index (χ0v) is 16.6. The summed E-state index contributed by atoms with van der Waals surface area (Å²) in [7, 11) is 0. The van der Waals surface area contributed by atoms with E-state index in [0.29, 0.717) is 11.4 Å². The molecule has 4 atom stereocenters. The lowest BCUT2D eigenvalue weighted by Crippen LogP contribution is -2.68. The number of aromatic nitrogens is 4. The van der Waals surface area contributed by atoms with Gasteiger partial charge in [-0.2, -0.15) is 5.21 Å². The number of benzene rings is 1. The van der Waals surface area contributed by atoms with Gasteiger partial charge < -0.3 is 32.4 Å². The van der Waals surface area contributed by atoms with Gasteiger partial charge in [-0.3, -0.25) is 9.59 Å². The zero-order valence-electron chi connectivity index (χ0n) is 15.8. The van der Waals surface area contributed by atoms with Gasteiger partial charge >= 0.3 is 0 Å². The molecule has 2 aromatic rings. The Hall–Kier alpha value is -2.58. The lowest BCUT2D eigenvalue weighted by atomic mass is 9.95. The summed E-state index contributed by atoms with van der Waals surface area (Å²) in [4.78, 5) is 26.9. The number of hydrogen-bond donors (Lipinski definition) is 3. The molecule has 1 aromatic heterocycles. The highest BCUT2D eigenvalue weighted by atomic mass is 32.2. The molecule has 0 aliphatic carbocycles. The van der Waals surface area contributed by atoms with Crippen LogP contribution in [-0.4, -0.2) is 69.9 Å². The molecule has 12 nitrogen and oxygen atoms in total. The monoisotopic (exact) mass is 427 g/mol. The lowest BCUT2D eigenvalue weighted by molar-refractivity contribution is -0.152. The maximum absolute atomic E-state index is 12.7. The van der Waals surface area contributed by atoms with Crippen molar-refractivity contribution in [3.8, 4) is 0 Å². The number of nitrogens with two attached hydrogens (primary N) is 1. The van der Waals surface area contributed by atoms with Crippen molar-refractivity contribution in [2.45, 2.75) is 42.1 Å². The molecule has 2 aliphatic rings. The Labute approximate surface area is 170 Å². The zero-order chi connectivity index (χ0) is 18.5. The van der Waals surface area contributed by atoms with Gasteiger partial charge in [-0.1, -0.05) is 35.5 Å². The molecule has 3 heterocycles. The van der Waals surface area contributed by atoms with Gasteiger partial charge in [0.15, 0.2) is 5.82 Å². The molecule has 1 aromatic carbocycles. The maximum Gasteiger partial charge on any atom is 0.249 e. The minimum atomic E-state index is -0.814. The maximum atomic E-state index is 12.7. The van der Waals surface area contributed by atoms with Crippen LogP contribution in [0.4, 0.5) is 0 Å². The predicted molar refractivity (Wildman–Crippen MR) is 105 cm³/mol. The van der Waals surface area contributed by atoms with Crippen LogP contribution in [-0.2, 0) is 9.59 Å². The van der Waals surface area contributed by atoms with Crippen molar-refractivity contribution >= 4 is 23.6 Å². The van der Waals surface area contributed by atoms with Crippen molar-refractivity contribution in [1.82, 2.24) is 30.8 Å². The minimum Gasteiger partial charge on any atom is -0.412 e. The van der Waals surface area contributed by atoms with E-state index in [2.05, 4.69) is 25.9 Å². The van der Waals surface area contributed by atoms with Crippen molar-refractivity contribution < 1.29 is 26.0 Å². The average Bonchev–Trinajstić information content (AvgIpc) is 3.23. The Morgan fingerprint density at radius 1 is 1.28 bits per heavy atom. The van der Waals surface area contributed by atoms with Gasteiger partial charge in [0, 0.05) is 4.75 Å². The molecule has 2 saturated heterocycles. The van der Waals surface area contributed by atoms with Crippen LogP contribution in [0.25, 0.3) is 0 Å². The van der Waals surface area contributed by atoms with Crippen LogP contribution < -0.4 is 11.1 Å². The van der Waals surface area contributed by atoms with Crippen LogP contribution in [0, 0.1) is 0 Å². The molecular weight excluding hydrogens is 402 g/mol. The third-order valence-corrected chi connectivity index (χ3v) is 6.36. The highest BCUT2D eigenvalue weighted by Gasteiger charge is 2.63. The molecule has 3 unspecified atom stereocenters. The lowest BCUT2D eigenvalue weighted by Gasteiger charge is -2.44. The number of H-pyrrole nitrogens is 1. The molecule has 0 bridgehead atoms. The first-order valence-corrected chi connectivity index (χ1v) is 9.12. The third-order valence-electron chi connectivity index (χ3n) is 4.79. The van der Waals surface area contributed by atoms with Crippen LogP contribution >= 0.6 is 11.8 Å². The van der Waals surface area contributed by atoms with E-state index in [1.54, 1.807) is 28.8 Å². The van der Waals surface area contributed by atoms with Crippen LogP contribution in [0.2, 0.25) is 0 Å². The number of nitrogens with one attached hydrogen (secondary N) is 2. The smallest absolute Gasteiger partial charge is 0.249 e. The van der Waals surface area contributed by atoms with Crippen molar-refractivity contribution in [1.29, 1.82) is 0 Å². The first kappa shape index (κ1) is 24.5. The van der Waals surface area contributed by atoms with E-state index in [-0.39, 0.29) is 44.4 Å². The summed E-state index contributed by atoms with van der Waals surface area (Å²) < 4.78 is -0.300. The van der Waals surface area contributed by atoms with E-state index in [1.165, 1.54) is 0 Å². The van der Waals surface area contributed by atoms with Gasteiger partial charge in [0.25, 0.3) is 0 Å². The van der Waals surface area contributed by atoms with Gasteiger partial charge in [-0.15, -0.1) is 22.0 Å². The van der Waals surface area contributed by atoms with Crippen LogP contribution in [0.15, 0.2) is 30.3 Å². The second kappa shape index (κ2) is 8.84. The number of hydrogen-bond acceptors (Lipinski definition) is 7. The van der Waals surface area contributed by atoms with Gasteiger partial charge in [-0.05, 0) is 19.4 Å². The van der Waals surface area contributed by atoms with Gasteiger partial charge in [0.05, 0.1) is 0 Å². The molecule has 160 valence electrons. The number of nitrogens with zero attached hydrogens (tertiary/aromatic N) is 4. The van der Waals surface area contributed by atoms with E-state index in [0.717, 1.165) is 0 Å². The molecule has 13 heteroatoms. The average molecular weight is 427 g/mol. The van der Waals surface area contributed by atoms with Crippen molar-refractivity contribution in [3.63, 3.8) is 0 Å². The SMILES string of the molecule is CC1(C)S[C@H]2C(NC(=O)C(N)c3ccccc3)C(=O)N2C1c1nn[nH]n1.O.O.O. The molecular formula is C16H25N7O5S. The molecule has 29 heavy (non-hydrogen) atoms. The fraction of sp³-hybridized carbons (Fsp3) is 0.438. The molecule has 2 amide bonds. The number of carbonyl (C=O) groups excluding carboxylic acids is 2. The summed E-state index contributed by atoms with van der Waals surface area (Å²) in [6.45, 7) is 4.05. The predicted octanol–water partition coefficient (Wildman–Crippen LogP) is -2.35. The number of β-lactam (4-membered cyclic amide) rings is 1. The standard InChI is InChI=1S/C16H19N7O2S.3H2O/c1-16(2)11(12-19-21-22-20-12)23-14(25)10(15(23)26-16)18-13(24)9(17)8-6-4-3-5-7-8;;;/h3-7,9-11,15H,17H2,1-2H3,(H,18,24)(H,19,20,21,22);3*1H2/t9?,10?,11?,15-;;;/m0.../s1. The van der Waals surface area contributed by atoms with E-state index in [9.17, 15) is 9.59 Å². The first-order chi connectivity index (χ1) is 12.4. The number of rotatable bonds is 4. The van der Waals surface area contributed by atoms with E-state index in [4.69, 9.17) is 5.73 Å². The Balaban J connectivity index is 0.00000140. The topological polar surface area (TPSA) is 224 Å². The van der Waals surface area contributed by atoms with Crippen molar-refractivity contribution in [2.24, 2.45) is 5.73 Å². The highest BCUT2D eigenvalue weighted by molar-refractivity contribution is 8.01. The van der Waals surface area contributed by atoms with Gasteiger partial charge in [0.1, 0.15) is 23.5 Å². The summed E-state index contributed by atoms with van der Waals surface area (Å²) in [6.07, 6.45) is 0. The number of amides is 2. The summed E-state index contributed by atoms with van der Waals surface area (Å²) in [6, 6.07) is 7.38. The molecule has 0 radical (unpaired) electrons. The Bertz CT molecular complexity index is 835. The molecule has 4 rings (SSSR count). The van der Waals surface area contributed by atoms with Crippen LogP contribution in [0.3, 0.4) is 0 Å². The van der Waals surface area contributed by atoms with Crippen LogP contribution in [0.1, 0.15) is 37.3 Å². The summed E-state index contributed by atoms with van der Waals surface area (Å²) in [5.74, 6) is -0.0452. The number of aromatic amines is 1. The largest absolute Gasteiger partial charge is 0.412 e. The number of thioether (sulfide) groups is 1. The summed E-state index contributed by atoms with van der Waals surface area (Å²) >= 11 is 1.61. The highest BCUT2D eigenvalue weighted by Crippen LogP contribution is 2.56. The number of fused-ring (bicyclic) bond motifs is 1. The number of carbonyl (C=O) groups is 2. The normalized spacial score (nSPS) is 24.7. The second-order valence-electron chi connectivity index (χ2n) is 6.90. The minimum absolute atomic E-state index is 0. The first-order valence-electron chi connectivity index (χ1n) is 8.24. The molecule has 2 aliphatic heterocycles. The van der Waals surface area contributed by atoms with E-state index >= 15 is 0 Å². The van der Waals surface area contributed by atoms with E-state index in [1.807, 2.05) is 32.0 Å². The summed E-state index contributed by atoms with van der Waals surface area (Å²) in [5, 5.41) is 16.7. The molecule has 0 saturated carbocycles. The molecule has 2 fully saturated rings.